The van der Waals surface area contributed by atoms with E-state index in [2.05, 4.69) is 22.5 Å². The number of ether oxygens (including phenoxy) is 2. The summed E-state index contributed by atoms with van der Waals surface area (Å²) in [5.74, 6) is 1.30. The van der Waals surface area contributed by atoms with Crippen LogP contribution in [-0.4, -0.2) is 69.5 Å². The van der Waals surface area contributed by atoms with Gasteiger partial charge in [0.1, 0.15) is 5.82 Å². The van der Waals surface area contributed by atoms with E-state index >= 15 is 0 Å². The summed E-state index contributed by atoms with van der Waals surface area (Å²) in [7, 11) is 0. The van der Waals surface area contributed by atoms with E-state index in [1.54, 1.807) is 0 Å². The molecule has 1 aromatic carbocycles. The molecular formula is C23H37FN4O2. The first-order valence-corrected chi connectivity index (χ1v) is 11.4. The van der Waals surface area contributed by atoms with E-state index in [1.807, 2.05) is 12.1 Å². The van der Waals surface area contributed by atoms with Gasteiger partial charge in [-0.2, -0.15) is 0 Å². The van der Waals surface area contributed by atoms with E-state index in [-0.39, 0.29) is 5.82 Å². The molecule has 2 fully saturated rings. The summed E-state index contributed by atoms with van der Waals surface area (Å²) >= 11 is 0. The van der Waals surface area contributed by atoms with Crippen molar-refractivity contribution in [3.63, 3.8) is 0 Å². The monoisotopic (exact) mass is 420 g/mol. The lowest BCUT2D eigenvalue weighted by Crippen LogP contribution is -2.48. The Hall–Kier alpha value is -1.70. The lowest BCUT2D eigenvalue weighted by molar-refractivity contribution is 0.0893. The van der Waals surface area contributed by atoms with Gasteiger partial charge in [0, 0.05) is 57.9 Å². The van der Waals surface area contributed by atoms with E-state index in [4.69, 9.17) is 14.5 Å². The van der Waals surface area contributed by atoms with Crippen LogP contribution in [0, 0.1) is 11.7 Å². The zero-order chi connectivity index (χ0) is 21.0. The van der Waals surface area contributed by atoms with Crippen LogP contribution in [0.1, 0.15) is 38.2 Å². The van der Waals surface area contributed by atoms with Crippen LogP contribution in [0.25, 0.3) is 0 Å². The zero-order valence-corrected chi connectivity index (χ0v) is 18.2. The molecule has 0 spiro atoms. The molecule has 2 heterocycles. The molecule has 2 aliphatic rings. The predicted octanol–water partition coefficient (Wildman–Crippen LogP) is 2.79. The second kappa shape index (κ2) is 12.9. The van der Waals surface area contributed by atoms with Crippen LogP contribution >= 0.6 is 0 Å². The third kappa shape index (κ3) is 8.20. The number of guanidine groups is 1. The second-order valence-corrected chi connectivity index (χ2v) is 8.24. The van der Waals surface area contributed by atoms with Crippen LogP contribution in [0.2, 0.25) is 0 Å². The lowest BCUT2D eigenvalue weighted by atomic mass is 10.0. The van der Waals surface area contributed by atoms with Crippen LogP contribution in [0.5, 0.6) is 0 Å². The Labute approximate surface area is 180 Å². The Balaban J connectivity index is 1.32. The van der Waals surface area contributed by atoms with Gasteiger partial charge in [-0.1, -0.05) is 12.1 Å². The molecule has 30 heavy (non-hydrogen) atoms. The molecule has 2 saturated heterocycles. The molecule has 2 N–H and O–H groups in total. The number of rotatable bonds is 10. The third-order valence-electron chi connectivity index (χ3n) is 5.69. The SMILES string of the molecule is CCNC(=NCCCOCC1CCOC1)NC1CCN(Cc2ccc(F)cc2)CC1. The van der Waals surface area contributed by atoms with Crippen molar-refractivity contribution in [3.8, 4) is 0 Å². The number of nitrogens with zero attached hydrogens (tertiary/aromatic N) is 2. The molecule has 0 amide bonds. The van der Waals surface area contributed by atoms with Crippen molar-refractivity contribution in [1.29, 1.82) is 0 Å². The summed E-state index contributed by atoms with van der Waals surface area (Å²) in [5, 5.41) is 6.94. The molecule has 7 heteroatoms. The number of hydrogen-bond acceptors (Lipinski definition) is 4. The van der Waals surface area contributed by atoms with Gasteiger partial charge >= 0.3 is 0 Å². The summed E-state index contributed by atoms with van der Waals surface area (Å²) in [6.07, 6.45) is 4.21. The highest BCUT2D eigenvalue weighted by molar-refractivity contribution is 5.80. The van der Waals surface area contributed by atoms with Crippen LogP contribution in [0.4, 0.5) is 4.39 Å². The predicted molar refractivity (Wildman–Crippen MR) is 118 cm³/mol. The number of hydrogen-bond donors (Lipinski definition) is 2. The average Bonchev–Trinajstić information content (AvgIpc) is 3.27. The van der Waals surface area contributed by atoms with Gasteiger partial charge in [0.15, 0.2) is 5.96 Å². The maximum absolute atomic E-state index is 13.1. The second-order valence-electron chi connectivity index (χ2n) is 8.24. The fraction of sp³-hybridized carbons (Fsp3) is 0.696. The van der Waals surface area contributed by atoms with Gasteiger partial charge in [0.05, 0.1) is 13.2 Å². The normalized spacial score (nSPS) is 21.1. The average molecular weight is 421 g/mol. The smallest absolute Gasteiger partial charge is 0.191 e. The molecule has 1 atom stereocenters. The molecule has 0 aromatic heterocycles. The maximum atomic E-state index is 13.1. The van der Waals surface area contributed by atoms with Crippen molar-refractivity contribution in [2.24, 2.45) is 10.9 Å². The van der Waals surface area contributed by atoms with Crippen LogP contribution in [0.15, 0.2) is 29.3 Å². The summed E-state index contributed by atoms with van der Waals surface area (Å²) in [6.45, 7) is 9.94. The van der Waals surface area contributed by atoms with E-state index in [0.717, 1.165) is 90.8 Å². The highest BCUT2D eigenvalue weighted by Gasteiger charge is 2.20. The Kier molecular flexibility index (Phi) is 9.86. The number of piperidine rings is 1. The first kappa shape index (κ1) is 23.0. The number of benzene rings is 1. The molecule has 168 valence electrons. The third-order valence-corrected chi connectivity index (χ3v) is 5.69. The summed E-state index contributed by atoms with van der Waals surface area (Å²) in [4.78, 5) is 7.15. The van der Waals surface area contributed by atoms with Crippen LogP contribution < -0.4 is 10.6 Å². The van der Waals surface area contributed by atoms with E-state index in [0.29, 0.717) is 12.0 Å². The Morgan fingerprint density at radius 1 is 1.23 bits per heavy atom. The van der Waals surface area contributed by atoms with Gasteiger partial charge < -0.3 is 20.1 Å². The first-order valence-electron chi connectivity index (χ1n) is 11.4. The van der Waals surface area contributed by atoms with Gasteiger partial charge in [-0.15, -0.1) is 0 Å². The van der Waals surface area contributed by atoms with Gasteiger partial charge in [-0.3, -0.25) is 9.89 Å². The first-order chi connectivity index (χ1) is 14.7. The number of nitrogens with one attached hydrogen (secondary N) is 2. The number of likely N-dealkylation sites (tertiary alicyclic amines) is 1. The minimum atomic E-state index is -0.174. The molecule has 0 saturated carbocycles. The quantitative estimate of drug-likeness (QED) is 0.346. The fourth-order valence-corrected chi connectivity index (χ4v) is 3.92. The van der Waals surface area contributed by atoms with Crippen molar-refractivity contribution >= 4 is 5.96 Å². The minimum Gasteiger partial charge on any atom is -0.381 e. The summed E-state index contributed by atoms with van der Waals surface area (Å²) < 4.78 is 24.2. The van der Waals surface area contributed by atoms with Crippen molar-refractivity contribution in [2.45, 2.75) is 45.2 Å². The Bertz CT molecular complexity index is 627. The summed E-state index contributed by atoms with van der Waals surface area (Å²) in [6, 6.07) is 7.27. The molecule has 2 aliphatic heterocycles. The molecule has 1 aromatic rings. The van der Waals surface area contributed by atoms with Crippen molar-refractivity contribution < 1.29 is 13.9 Å². The maximum Gasteiger partial charge on any atom is 0.191 e. The highest BCUT2D eigenvalue weighted by Crippen LogP contribution is 2.15. The molecular weight excluding hydrogens is 383 g/mol. The topological polar surface area (TPSA) is 58.1 Å². The Morgan fingerprint density at radius 3 is 2.73 bits per heavy atom. The van der Waals surface area contributed by atoms with Crippen LogP contribution in [0.3, 0.4) is 0 Å². The van der Waals surface area contributed by atoms with Gasteiger partial charge in [0.2, 0.25) is 0 Å². The van der Waals surface area contributed by atoms with E-state index < -0.39 is 0 Å². The van der Waals surface area contributed by atoms with E-state index in [9.17, 15) is 4.39 Å². The highest BCUT2D eigenvalue weighted by atomic mass is 19.1. The van der Waals surface area contributed by atoms with Gasteiger partial charge in [0.25, 0.3) is 0 Å². The summed E-state index contributed by atoms with van der Waals surface area (Å²) in [5.41, 5.74) is 1.17. The van der Waals surface area contributed by atoms with Crippen LogP contribution in [-0.2, 0) is 16.0 Å². The molecule has 6 nitrogen and oxygen atoms in total. The zero-order valence-electron chi connectivity index (χ0n) is 18.2. The molecule has 0 radical (unpaired) electrons. The minimum absolute atomic E-state index is 0.174. The van der Waals surface area contributed by atoms with E-state index in [1.165, 1.54) is 17.7 Å². The van der Waals surface area contributed by atoms with Gasteiger partial charge in [-0.25, -0.2) is 4.39 Å². The molecule has 3 rings (SSSR count). The standard InChI is InChI=1S/C23H37FN4O2/c1-2-25-23(26-11-3-14-29-17-20-10-15-30-18-20)27-22-8-12-28(13-9-22)16-19-4-6-21(24)7-5-19/h4-7,20,22H,2-3,8-18H2,1H3,(H2,25,26,27). The van der Waals surface area contributed by atoms with Crippen molar-refractivity contribution in [3.05, 3.63) is 35.6 Å². The molecule has 1 unspecified atom stereocenters. The van der Waals surface area contributed by atoms with Crippen molar-refractivity contribution in [2.75, 3.05) is 52.6 Å². The number of aliphatic imine (C=N–C) groups is 1. The molecule has 0 aliphatic carbocycles. The molecule has 0 bridgehead atoms. The number of halogens is 1. The fourth-order valence-electron chi connectivity index (χ4n) is 3.92. The van der Waals surface area contributed by atoms with Gasteiger partial charge in [-0.05, 0) is 50.3 Å². The Morgan fingerprint density at radius 2 is 2.03 bits per heavy atom. The lowest BCUT2D eigenvalue weighted by Gasteiger charge is -2.33. The largest absolute Gasteiger partial charge is 0.381 e. The van der Waals surface area contributed by atoms with Crippen molar-refractivity contribution in [1.82, 2.24) is 15.5 Å².